The Hall–Kier alpha value is -4.60. The average molecular weight is 520 g/mol. The van der Waals surface area contributed by atoms with Crippen LogP contribution in [0, 0.1) is 11.8 Å². The zero-order valence-electron chi connectivity index (χ0n) is 20.6. The van der Waals surface area contributed by atoms with Crippen LogP contribution < -0.4 is 24.7 Å². The van der Waals surface area contributed by atoms with Crippen molar-refractivity contribution in [3.05, 3.63) is 70.8 Å². The van der Waals surface area contributed by atoms with E-state index in [0.29, 0.717) is 39.4 Å². The van der Waals surface area contributed by atoms with E-state index in [4.69, 9.17) is 34.2 Å². The van der Waals surface area contributed by atoms with Crippen LogP contribution >= 0.6 is 0 Å². The van der Waals surface area contributed by atoms with Crippen molar-refractivity contribution in [2.24, 2.45) is 11.8 Å². The molecule has 2 aliphatic heterocycles. The SMILES string of the molecule is COc1cc([C@@H]2c3cc4c(cc3[C@@H](OC(=O)c3cccc(N)c3)[C@H]3COC(=O)[C@H]23)OCO4)cc(OC)c1O. The van der Waals surface area contributed by atoms with Gasteiger partial charge in [0.25, 0.3) is 0 Å². The van der Waals surface area contributed by atoms with Gasteiger partial charge in [-0.1, -0.05) is 6.07 Å². The number of benzene rings is 3. The van der Waals surface area contributed by atoms with Gasteiger partial charge in [0.05, 0.1) is 32.3 Å². The summed E-state index contributed by atoms with van der Waals surface area (Å²) in [4.78, 5) is 26.4. The molecule has 0 spiro atoms. The quantitative estimate of drug-likeness (QED) is 0.380. The maximum absolute atomic E-state index is 13.2. The van der Waals surface area contributed by atoms with E-state index >= 15 is 0 Å². The van der Waals surface area contributed by atoms with E-state index in [1.54, 1.807) is 42.5 Å². The van der Waals surface area contributed by atoms with Crippen LogP contribution in [-0.4, -0.2) is 44.7 Å². The van der Waals surface area contributed by atoms with Crippen LogP contribution in [0.5, 0.6) is 28.7 Å². The first-order chi connectivity index (χ1) is 18.4. The van der Waals surface area contributed by atoms with Crippen LogP contribution in [-0.2, 0) is 14.3 Å². The third-order valence-electron chi connectivity index (χ3n) is 7.34. The number of esters is 2. The molecule has 38 heavy (non-hydrogen) atoms. The minimum atomic E-state index is -0.804. The number of ether oxygens (including phenoxy) is 6. The first kappa shape index (κ1) is 23.8. The summed E-state index contributed by atoms with van der Waals surface area (Å²) in [6.45, 7) is 0.113. The molecule has 1 fully saturated rings. The van der Waals surface area contributed by atoms with Crippen LogP contribution in [0.15, 0.2) is 48.5 Å². The number of cyclic esters (lactones) is 1. The lowest BCUT2D eigenvalue weighted by molar-refractivity contribution is -0.141. The molecule has 6 rings (SSSR count). The number of hydrogen-bond acceptors (Lipinski definition) is 10. The number of carbonyl (C=O) groups excluding carboxylic acids is 2. The molecule has 0 unspecified atom stereocenters. The molecule has 10 nitrogen and oxygen atoms in total. The molecule has 3 aromatic rings. The molecule has 0 bridgehead atoms. The lowest BCUT2D eigenvalue weighted by atomic mass is 9.66. The van der Waals surface area contributed by atoms with Crippen LogP contribution in [0.2, 0.25) is 0 Å². The number of phenolic OH excluding ortho intramolecular Hbond substituents is 1. The number of aromatic hydroxyl groups is 1. The van der Waals surface area contributed by atoms with Crippen molar-refractivity contribution in [1.29, 1.82) is 0 Å². The maximum atomic E-state index is 13.2. The van der Waals surface area contributed by atoms with Crippen molar-refractivity contribution < 1.29 is 43.1 Å². The molecule has 1 saturated heterocycles. The number of fused-ring (bicyclic) bond motifs is 3. The Morgan fingerprint density at radius 2 is 1.66 bits per heavy atom. The van der Waals surface area contributed by atoms with E-state index in [1.807, 2.05) is 0 Å². The molecule has 196 valence electrons. The molecule has 4 atom stereocenters. The van der Waals surface area contributed by atoms with Gasteiger partial charge < -0.3 is 39.3 Å². The van der Waals surface area contributed by atoms with Crippen molar-refractivity contribution in [1.82, 2.24) is 0 Å². The van der Waals surface area contributed by atoms with Crippen molar-refractivity contribution in [2.75, 3.05) is 33.4 Å². The minimum Gasteiger partial charge on any atom is -0.502 e. The highest BCUT2D eigenvalue weighted by Gasteiger charge is 2.54. The Bertz CT molecular complexity index is 1430. The summed E-state index contributed by atoms with van der Waals surface area (Å²) in [5.41, 5.74) is 8.63. The van der Waals surface area contributed by atoms with E-state index in [-0.39, 0.29) is 30.6 Å². The van der Waals surface area contributed by atoms with E-state index in [2.05, 4.69) is 0 Å². The molecule has 3 N–H and O–H groups in total. The molecule has 1 aliphatic carbocycles. The zero-order valence-corrected chi connectivity index (χ0v) is 20.6. The zero-order chi connectivity index (χ0) is 26.6. The predicted octanol–water partition coefficient (Wildman–Crippen LogP) is 3.55. The number of rotatable bonds is 5. The molecular formula is C28H25NO9. The van der Waals surface area contributed by atoms with E-state index in [1.165, 1.54) is 20.3 Å². The summed E-state index contributed by atoms with van der Waals surface area (Å²) in [7, 11) is 2.87. The average Bonchev–Trinajstić information content (AvgIpc) is 3.54. The lowest BCUT2D eigenvalue weighted by Crippen LogP contribution is -2.36. The van der Waals surface area contributed by atoms with Gasteiger partial charge >= 0.3 is 11.9 Å². The van der Waals surface area contributed by atoms with Gasteiger partial charge in [-0.25, -0.2) is 4.79 Å². The van der Waals surface area contributed by atoms with Gasteiger partial charge in [-0.2, -0.15) is 0 Å². The Morgan fingerprint density at radius 3 is 2.32 bits per heavy atom. The van der Waals surface area contributed by atoms with Gasteiger partial charge in [0.15, 0.2) is 23.0 Å². The molecule has 3 aromatic carbocycles. The van der Waals surface area contributed by atoms with E-state index < -0.39 is 35.8 Å². The fourth-order valence-electron chi connectivity index (χ4n) is 5.61. The maximum Gasteiger partial charge on any atom is 0.338 e. The second kappa shape index (κ2) is 9.05. The summed E-state index contributed by atoms with van der Waals surface area (Å²) in [5.74, 6) is -1.45. The summed E-state index contributed by atoms with van der Waals surface area (Å²) in [5, 5.41) is 10.5. The highest BCUT2D eigenvalue weighted by molar-refractivity contribution is 5.91. The van der Waals surface area contributed by atoms with Gasteiger partial charge in [0.1, 0.15) is 6.10 Å². The first-order valence-corrected chi connectivity index (χ1v) is 12.0. The third-order valence-corrected chi connectivity index (χ3v) is 7.34. The summed E-state index contributed by atoms with van der Waals surface area (Å²) >= 11 is 0. The van der Waals surface area contributed by atoms with Gasteiger partial charge in [-0.15, -0.1) is 0 Å². The van der Waals surface area contributed by atoms with Crippen LogP contribution in [0.3, 0.4) is 0 Å². The lowest BCUT2D eigenvalue weighted by Gasteiger charge is -2.38. The molecule has 0 saturated carbocycles. The van der Waals surface area contributed by atoms with Crippen molar-refractivity contribution >= 4 is 17.6 Å². The molecule has 0 amide bonds. The highest BCUT2D eigenvalue weighted by Crippen LogP contribution is 2.56. The Morgan fingerprint density at radius 1 is 0.974 bits per heavy atom. The third kappa shape index (κ3) is 3.71. The fraction of sp³-hybridized carbons (Fsp3) is 0.286. The number of carbonyl (C=O) groups is 2. The molecule has 10 heteroatoms. The Balaban J connectivity index is 1.52. The summed E-state index contributed by atoms with van der Waals surface area (Å²) in [6, 6.07) is 13.4. The predicted molar refractivity (Wildman–Crippen MR) is 133 cm³/mol. The number of nitrogens with two attached hydrogens (primary N) is 1. The molecule has 0 aromatic heterocycles. The number of methoxy groups -OCH3 is 2. The molecule has 2 heterocycles. The topological polar surface area (TPSA) is 136 Å². The van der Waals surface area contributed by atoms with Gasteiger partial charge in [0.2, 0.25) is 12.5 Å². The monoisotopic (exact) mass is 519 g/mol. The number of anilines is 1. The van der Waals surface area contributed by atoms with Gasteiger partial charge in [0, 0.05) is 23.1 Å². The normalized spacial score (nSPS) is 22.7. The largest absolute Gasteiger partial charge is 0.502 e. The second-order valence-electron chi connectivity index (χ2n) is 9.36. The highest BCUT2D eigenvalue weighted by atomic mass is 16.7. The number of nitrogen functional groups attached to an aromatic ring is 1. The van der Waals surface area contributed by atoms with E-state index in [0.717, 1.165) is 0 Å². The van der Waals surface area contributed by atoms with Crippen LogP contribution in [0.25, 0.3) is 0 Å². The number of hydrogen-bond donors (Lipinski definition) is 2. The smallest absolute Gasteiger partial charge is 0.338 e. The minimum absolute atomic E-state index is 0.0480. The first-order valence-electron chi connectivity index (χ1n) is 12.0. The van der Waals surface area contributed by atoms with Crippen LogP contribution in [0.1, 0.15) is 39.1 Å². The standard InChI is InChI=1S/C28H25NO9/c1-33-21-7-14(8-22(34-2)25(21)30)23-16-9-19-20(37-12-36-19)10-17(16)26(18-11-35-28(32)24(18)23)38-27(31)13-4-3-5-15(29)6-13/h3-10,18,23-24,26,30H,11-12,29H2,1-2H3/t18-,23+,24-,26+/m0/s1. The van der Waals surface area contributed by atoms with Crippen molar-refractivity contribution in [3.8, 4) is 28.7 Å². The molecular weight excluding hydrogens is 494 g/mol. The summed E-state index contributed by atoms with van der Waals surface area (Å²) in [6.07, 6.45) is -0.804. The second-order valence-corrected chi connectivity index (χ2v) is 9.36. The number of phenols is 1. The molecule has 0 radical (unpaired) electrons. The van der Waals surface area contributed by atoms with Gasteiger partial charge in [-0.05, 0) is 53.6 Å². The van der Waals surface area contributed by atoms with Crippen molar-refractivity contribution in [2.45, 2.75) is 12.0 Å². The van der Waals surface area contributed by atoms with Gasteiger partial charge in [-0.3, -0.25) is 4.79 Å². The van der Waals surface area contributed by atoms with Crippen LogP contribution in [0.4, 0.5) is 5.69 Å². The summed E-state index contributed by atoms with van der Waals surface area (Å²) < 4.78 is 33.6. The van der Waals surface area contributed by atoms with Crippen molar-refractivity contribution in [3.63, 3.8) is 0 Å². The Labute approximate surface area is 217 Å². The molecule has 3 aliphatic rings. The Kier molecular flexibility index (Phi) is 5.67. The fourth-order valence-corrected chi connectivity index (χ4v) is 5.61. The van der Waals surface area contributed by atoms with E-state index in [9.17, 15) is 14.7 Å².